The Bertz CT molecular complexity index is 817. The van der Waals surface area contributed by atoms with Crippen LogP contribution in [0.2, 0.25) is 5.02 Å². The first-order valence-corrected chi connectivity index (χ1v) is 7.97. The fourth-order valence-corrected chi connectivity index (χ4v) is 2.64. The van der Waals surface area contributed by atoms with Crippen LogP contribution in [0, 0.1) is 0 Å². The third kappa shape index (κ3) is 3.67. The van der Waals surface area contributed by atoms with Gasteiger partial charge in [-0.3, -0.25) is 4.79 Å². The number of rotatable bonds is 5. The van der Waals surface area contributed by atoms with Gasteiger partial charge in [-0.15, -0.1) is 0 Å². The topological polar surface area (TPSA) is 54.3 Å². The van der Waals surface area contributed by atoms with Gasteiger partial charge in [0.05, 0.1) is 16.7 Å². The van der Waals surface area contributed by atoms with Crippen LogP contribution in [0.3, 0.4) is 0 Å². The molecule has 0 saturated carbocycles. The van der Waals surface area contributed by atoms with Gasteiger partial charge in [0.2, 0.25) is 0 Å². The Morgan fingerprint density at radius 3 is 2.50 bits per heavy atom. The van der Waals surface area contributed by atoms with Crippen molar-refractivity contribution >= 4 is 17.5 Å². The number of nitrogens with zero attached hydrogens (tertiary/aromatic N) is 1. The molecule has 122 valence electrons. The summed E-state index contributed by atoms with van der Waals surface area (Å²) in [6.45, 7) is 0.118. The van der Waals surface area contributed by atoms with E-state index in [4.69, 9.17) is 11.6 Å². The highest BCUT2D eigenvalue weighted by Gasteiger charge is 2.14. The highest BCUT2D eigenvalue weighted by Crippen LogP contribution is 2.20. The largest absolute Gasteiger partial charge is 0.387 e. The molecule has 2 aromatic carbocycles. The fraction of sp³-hybridized carbons (Fsp3) is 0.105. The third-order valence-electron chi connectivity index (χ3n) is 3.74. The Hall–Kier alpha value is -2.56. The van der Waals surface area contributed by atoms with Crippen molar-refractivity contribution in [3.8, 4) is 5.69 Å². The quantitative estimate of drug-likeness (QED) is 0.745. The first-order chi connectivity index (χ1) is 11.6. The molecule has 0 unspecified atom stereocenters. The molecule has 0 bridgehead atoms. The molecule has 4 nitrogen and oxygen atoms in total. The van der Waals surface area contributed by atoms with Crippen LogP contribution in [0.1, 0.15) is 22.0 Å². The molecule has 1 amide bonds. The minimum absolute atomic E-state index is 0.118. The maximum Gasteiger partial charge on any atom is 0.252 e. The molecule has 3 aromatic rings. The number of carbonyl (C=O) groups is 1. The molecule has 0 spiro atoms. The van der Waals surface area contributed by atoms with Crippen molar-refractivity contribution in [2.45, 2.75) is 6.10 Å². The van der Waals surface area contributed by atoms with E-state index < -0.39 is 6.10 Å². The molecule has 0 fully saturated rings. The van der Waals surface area contributed by atoms with Crippen molar-refractivity contribution in [3.63, 3.8) is 0 Å². The standard InChI is InChI=1S/C19H17ClN2O2/c20-17-9-8-15(22-10-4-5-11-22)12-16(17)19(24)21-13-18(23)14-6-2-1-3-7-14/h1-12,18,23H,13H2,(H,21,24)/t18-/m1/s1. The average Bonchev–Trinajstić information content (AvgIpc) is 3.15. The van der Waals surface area contributed by atoms with E-state index in [1.165, 1.54) is 0 Å². The van der Waals surface area contributed by atoms with Gasteiger partial charge in [-0.1, -0.05) is 41.9 Å². The number of halogens is 1. The van der Waals surface area contributed by atoms with Crippen molar-refractivity contribution in [3.05, 3.63) is 89.2 Å². The monoisotopic (exact) mass is 340 g/mol. The van der Waals surface area contributed by atoms with Crippen LogP contribution < -0.4 is 5.32 Å². The Balaban J connectivity index is 1.72. The van der Waals surface area contributed by atoms with E-state index in [1.54, 1.807) is 12.1 Å². The molecule has 1 atom stereocenters. The summed E-state index contributed by atoms with van der Waals surface area (Å²) in [7, 11) is 0. The van der Waals surface area contributed by atoms with E-state index in [2.05, 4.69) is 5.32 Å². The lowest BCUT2D eigenvalue weighted by molar-refractivity contribution is 0.0916. The fourth-order valence-electron chi connectivity index (χ4n) is 2.43. The molecule has 0 aliphatic rings. The second kappa shape index (κ2) is 7.34. The van der Waals surface area contributed by atoms with Crippen LogP contribution in [0.4, 0.5) is 0 Å². The van der Waals surface area contributed by atoms with Crippen molar-refractivity contribution in [1.82, 2.24) is 9.88 Å². The maximum atomic E-state index is 12.4. The van der Waals surface area contributed by atoms with Crippen molar-refractivity contribution in [1.29, 1.82) is 0 Å². The molecule has 0 saturated heterocycles. The van der Waals surface area contributed by atoms with Crippen molar-refractivity contribution in [2.75, 3.05) is 6.54 Å². The number of aromatic nitrogens is 1. The summed E-state index contributed by atoms with van der Waals surface area (Å²) in [5.74, 6) is -0.316. The second-order valence-corrected chi connectivity index (χ2v) is 5.80. The Labute approximate surface area is 145 Å². The zero-order chi connectivity index (χ0) is 16.9. The van der Waals surface area contributed by atoms with Gasteiger partial charge in [0.1, 0.15) is 0 Å². The van der Waals surface area contributed by atoms with Crippen LogP contribution in [-0.4, -0.2) is 22.1 Å². The number of hydrogen-bond donors (Lipinski definition) is 2. The van der Waals surface area contributed by atoms with Gasteiger partial charge in [-0.2, -0.15) is 0 Å². The number of carbonyl (C=O) groups excluding carboxylic acids is 1. The predicted octanol–water partition coefficient (Wildman–Crippen LogP) is 3.59. The molecule has 2 N–H and O–H groups in total. The predicted molar refractivity (Wildman–Crippen MR) is 94.5 cm³/mol. The van der Waals surface area contributed by atoms with E-state index in [0.717, 1.165) is 11.3 Å². The zero-order valence-corrected chi connectivity index (χ0v) is 13.6. The smallest absolute Gasteiger partial charge is 0.252 e. The highest BCUT2D eigenvalue weighted by atomic mass is 35.5. The Morgan fingerprint density at radius 1 is 1.08 bits per heavy atom. The number of aliphatic hydroxyl groups is 1. The van der Waals surface area contributed by atoms with Gasteiger partial charge in [-0.05, 0) is 35.9 Å². The lowest BCUT2D eigenvalue weighted by Gasteiger charge is -2.13. The van der Waals surface area contributed by atoms with Gasteiger partial charge < -0.3 is 15.0 Å². The molecule has 5 heteroatoms. The number of nitrogens with one attached hydrogen (secondary N) is 1. The van der Waals surface area contributed by atoms with Crippen molar-refractivity contribution < 1.29 is 9.90 Å². The molecule has 24 heavy (non-hydrogen) atoms. The first-order valence-electron chi connectivity index (χ1n) is 7.59. The van der Waals surface area contributed by atoms with Gasteiger partial charge in [0, 0.05) is 24.6 Å². The van der Waals surface area contributed by atoms with Gasteiger partial charge in [-0.25, -0.2) is 0 Å². The lowest BCUT2D eigenvalue weighted by atomic mass is 10.1. The van der Waals surface area contributed by atoms with Crippen LogP contribution in [0.15, 0.2) is 73.1 Å². The van der Waals surface area contributed by atoms with Crippen LogP contribution in [0.25, 0.3) is 5.69 Å². The van der Waals surface area contributed by atoms with E-state index >= 15 is 0 Å². The molecule has 1 aromatic heterocycles. The second-order valence-electron chi connectivity index (χ2n) is 5.39. The summed E-state index contributed by atoms with van der Waals surface area (Å²) in [4.78, 5) is 12.4. The van der Waals surface area contributed by atoms with E-state index in [0.29, 0.717) is 10.6 Å². The van der Waals surface area contributed by atoms with Crippen LogP contribution in [0.5, 0.6) is 0 Å². The summed E-state index contributed by atoms with van der Waals surface area (Å²) in [5, 5.41) is 13.2. The molecule has 0 aliphatic carbocycles. The summed E-state index contributed by atoms with van der Waals surface area (Å²) in [6.07, 6.45) is 3.02. The number of hydrogen-bond acceptors (Lipinski definition) is 2. The van der Waals surface area contributed by atoms with Crippen LogP contribution >= 0.6 is 11.6 Å². The Morgan fingerprint density at radius 2 is 1.79 bits per heavy atom. The third-order valence-corrected chi connectivity index (χ3v) is 4.07. The molecule has 0 radical (unpaired) electrons. The van der Waals surface area contributed by atoms with Gasteiger partial charge >= 0.3 is 0 Å². The van der Waals surface area contributed by atoms with E-state index in [9.17, 15) is 9.90 Å². The SMILES string of the molecule is O=C(NC[C@@H](O)c1ccccc1)c1cc(-n2cccc2)ccc1Cl. The minimum Gasteiger partial charge on any atom is -0.387 e. The zero-order valence-electron chi connectivity index (χ0n) is 12.9. The van der Waals surface area contributed by atoms with E-state index in [-0.39, 0.29) is 12.5 Å². The van der Waals surface area contributed by atoms with E-state index in [1.807, 2.05) is 65.5 Å². The van der Waals surface area contributed by atoms with Crippen molar-refractivity contribution in [2.24, 2.45) is 0 Å². The number of amides is 1. The minimum atomic E-state index is -0.762. The van der Waals surface area contributed by atoms with Crippen LogP contribution in [-0.2, 0) is 0 Å². The molecular formula is C19H17ClN2O2. The first kappa shape index (κ1) is 16.3. The molecule has 3 rings (SSSR count). The highest BCUT2D eigenvalue weighted by molar-refractivity contribution is 6.33. The number of benzene rings is 2. The van der Waals surface area contributed by atoms with Gasteiger partial charge in [0.15, 0.2) is 0 Å². The maximum absolute atomic E-state index is 12.4. The molecule has 1 heterocycles. The summed E-state index contributed by atoms with van der Waals surface area (Å²) in [5.41, 5.74) is 1.98. The Kier molecular flexibility index (Phi) is 4.99. The van der Waals surface area contributed by atoms with Gasteiger partial charge in [0.25, 0.3) is 5.91 Å². The summed E-state index contributed by atoms with van der Waals surface area (Å²) < 4.78 is 1.89. The summed E-state index contributed by atoms with van der Waals surface area (Å²) >= 11 is 6.15. The lowest BCUT2D eigenvalue weighted by Crippen LogP contribution is -2.28. The average molecular weight is 341 g/mol. The molecular weight excluding hydrogens is 324 g/mol. The number of aliphatic hydroxyl groups excluding tert-OH is 1. The summed E-state index contributed by atoms with van der Waals surface area (Å²) in [6, 6.07) is 18.3. The normalized spacial score (nSPS) is 11.9. The molecule has 0 aliphatic heterocycles.